The second-order valence-electron chi connectivity index (χ2n) is 4.03. The van der Waals surface area contributed by atoms with Crippen LogP contribution in [0.2, 0.25) is 0 Å². The molecule has 1 aliphatic rings. The minimum Gasteiger partial charge on any atom is -0.298 e. The molecule has 16 heavy (non-hydrogen) atoms. The molecule has 0 unspecified atom stereocenters. The van der Waals surface area contributed by atoms with E-state index >= 15 is 0 Å². The van der Waals surface area contributed by atoms with Crippen LogP contribution in [-0.2, 0) is 0 Å². The van der Waals surface area contributed by atoms with Gasteiger partial charge < -0.3 is 0 Å². The third kappa shape index (κ3) is 1.62. The van der Waals surface area contributed by atoms with Crippen LogP contribution in [0.4, 0.5) is 0 Å². The standard InChI is InChI=1S/C12H11N3O/c16-8-9-1-4-12(13-7-9)15-6-5-11(14-15)10-2-3-10/h1,4-8,10H,2-3H2. The zero-order chi connectivity index (χ0) is 11.0. The summed E-state index contributed by atoms with van der Waals surface area (Å²) in [6, 6.07) is 5.58. The lowest BCUT2D eigenvalue weighted by Gasteiger charge is -1.99. The van der Waals surface area contributed by atoms with Gasteiger partial charge in [0.15, 0.2) is 12.1 Å². The van der Waals surface area contributed by atoms with E-state index in [0.717, 1.165) is 17.8 Å². The van der Waals surface area contributed by atoms with Gasteiger partial charge in [-0.25, -0.2) is 9.67 Å². The van der Waals surface area contributed by atoms with Crippen LogP contribution in [0.25, 0.3) is 5.82 Å². The van der Waals surface area contributed by atoms with E-state index in [9.17, 15) is 4.79 Å². The summed E-state index contributed by atoms with van der Waals surface area (Å²) in [7, 11) is 0. The molecule has 0 bridgehead atoms. The van der Waals surface area contributed by atoms with Gasteiger partial charge in [-0.15, -0.1) is 0 Å². The van der Waals surface area contributed by atoms with Crippen LogP contribution in [0.5, 0.6) is 0 Å². The number of hydrogen-bond donors (Lipinski definition) is 0. The van der Waals surface area contributed by atoms with Crippen LogP contribution in [0.3, 0.4) is 0 Å². The fourth-order valence-corrected chi connectivity index (χ4v) is 1.67. The summed E-state index contributed by atoms with van der Waals surface area (Å²) in [4.78, 5) is 14.7. The van der Waals surface area contributed by atoms with Gasteiger partial charge in [-0.2, -0.15) is 5.10 Å². The molecule has 0 aliphatic heterocycles. The number of carbonyl (C=O) groups is 1. The maximum Gasteiger partial charge on any atom is 0.153 e. The van der Waals surface area contributed by atoms with Crippen molar-refractivity contribution in [3.8, 4) is 5.82 Å². The van der Waals surface area contributed by atoms with E-state index in [1.807, 2.05) is 12.3 Å². The summed E-state index contributed by atoms with van der Waals surface area (Å²) in [6.07, 6.45) is 6.75. The average Bonchev–Trinajstić information content (AvgIpc) is 3.08. The molecular formula is C12H11N3O. The topological polar surface area (TPSA) is 47.8 Å². The van der Waals surface area contributed by atoms with Crippen LogP contribution in [0.15, 0.2) is 30.6 Å². The number of aldehydes is 1. The minimum absolute atomic E-state index is 0.582. The lowest BCUT2D eigenvalue weighted by Crippen LogP contribution is -1.99. The zero-order valence-corrected chi connectivity index (χ0v) is 8.71. The molecule has 2 aromatic heterocycles. The van der Waals surface area contributed by atoms with Crippen molar-refractivity contribution in [2.45, 2.75) is 18.8 Å². The van der Waals surface area contributed by atoms with Crippen LogP contribution in [0.1, 0.15) is 34.8 Å². The Morgan fingerprint density at radius 2 is 2.19 bits per heavy atom. The zero-order valence-electron chi connectivity index (χ0n) is 8.71. The highest BCUT2D eigenvalue weighted by molar-refractivity contribution is 5.74. The van der Waals surface area contributed by atoms with E-state index in [0.29, 0.717) is 11.5 Å². The molecule has 2 aromatic rings. The molecule has 0 spiro atoms. The summed E-state index contributed by atoms with van der Waals surface area (Å²) >= 11 is 0. The van der Waals surface area contributed by atoms with E-state index in [2.05, 4.69) is 10.1 Å². The van der Waals surface area contributed by atoms with E-state index in [1.165, 1.54) is 12.8 Å². The highest BCUT2D eigenvalue weighted by Gasteiger charge is 2.25. The molecule has 0 saturated heterocycles. The van der Waals surface area contributed by atoms with Crippen molar-refractivity contribution in [2.75, 3.05) is 0 Å². The molecular weight excluding hydrogens is 202 g/mol. The molecule has 3 rings (SSSR count). The smallest absolute Gasteiger partial charge is 0.153 e. The number of aromatic nitrogens is 3. The van der Waals surface area contributed by atoms with Gasteiger partial charge in [0.2, 0.25) is 0 Å². The van der Waals surface area contributed by atoms with Crippen molar-refractivity contribution < 1.29 is 4.79 Å². The molecule has 80 valence electrons. The molecule has 2 heterocycles. The molecule has 1 fully saturated rings. The predicted molar refractivity (Wildman–Crippen MR) is 58.7 cm³/mol. The van der Waals surface area contributed by atoms with E-state index in [4.69, 9.17) is 0 Å². The van der Waals surface area contributed by atoms with Gasteiger partial charge in [-0.05, 0) is 31.0 Å². The molecule has 0 aromatic carbocycles. The molecule has 0 amide bonds. The Morgan fingerprint density at radius 3 is 2.81 bits per heavy atom. The third-order valence-corrected chi connectivity index (χ3v) is 2.75. The third-order valence-electron chi connectivity index (χ3n) is 2.75. The summed E-state index contributed by atoms with van der Waals surface area (Å²) in [5, 5.41) is 4.46. The van der Waals surface area contributed by atoms with Crippen molar-refractivity contribution in [3.63, 3.8) is 0 Å². The van der Waals surface area contributed by atoms with E-state index < -0.39 is 0 Å². The fraction of sp³-hybridized carbons (Fsp3) is 0.250. The molecule has 0 atom stereocenters. The molecule has 1 saturated carbocycles. The quantitative estimate of drug-likeness (QED) is 0.732. The van der Waals surface area contributed by atoms with Gasteiger partial charge in [-0.1, -0.05) is 0 Å². The normalized spacial score (nSPS) is 15.0. The van der Waals surface area contributed by atoms with Crippen LogP contribution < -0.4 is 0 Å². The summed E-state index contributed by atoms with van der Waals surface area (Å²) in [5.41, 5.74) is 1.72. The van der Waals surface area contributed by atoms with E-state index in [-0.39, 0.29) is 0 Å². The first-order valence-electron chi connectivity index (χ1n) is 5.34. The Labute approximate surface area is 92.9 Å². The SMILES string of the molecule is O=Cc1ccc(-n2ccc(C3CC3)n2)nc1. The maximum absolute atomic E-state index is 10.5. The Kier molecular flexibility index (Phi) is 2.06. The average molecular weight is 213 g/mol. The second-order valence-corrected chi connectivity index (χ2v) is 4.03. The number of nitrogens with zero attached hydrogens (tertiary/aromatic N) is 3. The predicted octanol–water partition coefficient (Wildman–Crippen LogP) is 1.96. The largest absolute Gasteiger partial charge is 0.298 e. The van der Waals surface area contributed by atoms with Crippen molar-refractivity contribution in [1.82, 2.24) is 14.8 Å². The number of pyridine rings is 1. The van der Waals surface area contributed by atoms with Gasteiger partial charge in [0.1, 0.15) is 0 Å². The molecule has 0 N–H and O–H groups in total. The summed E-state index contributed by atoms with van der Waals surface area (Å²) in [5.74, 6) is 1.40. The van der Waals surface area contributed by atoms with Crippen LogP contribution >= 0.6 is 0 Å². The molecule has 4 nitrogen and oxygen atoms in total. The molecule has 0 radical (unpaired) electrons. The summed E-state index contributed by atoms with van der Waals surface area (Å²) in [6.45, 7) is 0. The van der Waals surface area contributed by atoms with Crippen molar-refractivity contribution >= 4 is 6.29 Å². The van der Waals surface area contributed by atoms with Crippen molar-refractivity contribution in [2.24, 2.45) is 0 Å². The first-order valence-corrected chi connectivity index (χ1v) is 5.34. The molecule has 1 aliphatic carbocycles. The van der Waals surface area contributed by atoms with Gasteiger partial charge in [0, 0.05) is 23.9 Å². The van der Waals surface area contributed by atoms with Gasteiger partial charge in [-0.3, -0.25) is 4.79 Å². The van der Waals surface area contributed by atoms with Crippen LogP contribution in [-0.4, -0.2) is 21.1 Å². The lowest BCUT2D eigenvalue weighted by atomic mass is 10.3. The van der Waals surface area contributed by atoms with Crippen molar-refractivity contribution in [3.05, 3.63) is 41.9 Å². The molecule has 4 heteroatoms. The Bertz CT molecular complexity index is 511. The Morgan fingerprint density at radius 1 is 1.31 bits per heavy atom. The number of hydrogen-bond acceptors (Lipinski definition) is 3. The highest BCUT2D eigenvalue weighted by atomic mass is 16.1. The first-order chi connectivity index (χ1) is 7.86. The second kappa shape index (κ2) is 3.56. The van der Waals surface area contributed by atoms with Gasteiger partial charge in [0.05, 0.1) is 5.69 Å². The minimum atomic E-state index is 0.582. The Hall–Kier alpha value is -1.97. The monoisotopic (exact) mass is 213 g/mol. The lowest BCUT2D eigenvalue weighted by molar-refractivity contribution is 0.112. The van der Waals surface area contributed by atoms with Crippen LogP contribution in [0, 0.1) is 0 Å². The summed E-state index contributed by atoms with van der Waals surface area (Å²) < 4.78 is 1.75. The highest BCUT2D eigenvalue weighted by Crippen LogP contribution is 2.38. The fourth-order valence-electron chi connectivity index (χ4n) is 1.67. The maximum atomic E-state index is 10.5. The first kappa shape index (κ1) is 9.27. The van der Waals surface area contributed by atoms with Gasteiger partial charge >= 0.3 is 0 Å². The van der Waals surface area contributed by atoms with Crippen molar-refractivity contribution in [1.29, 1.82) is 0 Å². The Balaban J connectivity index is 1.91. The van der Waals surface area contributed by atoms with E-state index in [1.54, 1.807) is 23.0 Å². The number of rotatable bonds is 3. The number of carbonyl (C=O) groups excluding carboxylic acids is 1. The van der Waals surface area contributed by atoms with Gasteiger partial charge in [0.25, 0.3) is 0 Å².